The normalized spacial score (nSPS) is 18.8. The largest absolute Gasteiger partial charge is 0.343 e. The number of rotatable bonds is 3. The van der Waals surface area contributed by atoms with Crippen LogP contribution in [0.4, 0.5) is 4.39 Å². The molecule has 2 N–H and O–H groups in total. The van der Waals surface area contributed by atoms with Crippen LogP contribution >= 0.6 is 11.3 Å². The van der Waals surface area contributed by atoms with E-state index < -0.39 is 5.82 Å². The first kappa shape index (κ1) is 18.7. The topological polar surface area (TPSA) is 65.1 Å². The molecule has 1 fully saturated rings. The first-order valence-corrected chi connectivity index (χ1v) is 11.0. The van der Waals surface area contributed by atoms with E-state index in [-0.39, 0.29) is 28.9 Å². The number of ketones is 1. The number of nitrogens with two attached hydrogens (primary N) is 1. The van der Waals surface area contributed by atoms with Gasteiger partial charge in [-0.3, -0.25) is 9.59 Å². The number of aryl methyl sites for hydroxylation is 2. The maximum atomic E-state index is 15.3. The zero-order valence-electron chi connectivity index (χ0n) is 16.5. The van der Waals surface area contributed by atoms with Gasteiger partial charge in [0, 0.05) is 39.0 Å². The van der Waals surface area contributed by atoms with Gasteiger partial charge in [0.2, 0.25) is 0 Å². The molecule has 0 saturated heterocycles. The van der Waals surface area contributed by atoms with Crippen molar-refractivity contribution in [3.63, 3.8) is 0 Å². The van der Waals surface area contributed by atoms with Gasteiger partial charge < -0.3 is 10.3 Å². The molecule has 1 saturated carbocycles. The zero-order chi connectivity index (χ0) is 20.4. The number of fused-ring (bicyclic) bond motifs is 2. The van der Waals surface area contributed by atoms with Gasteiger partial charge in [0.15, 0.2) is 11.2 Å². The van der Waals surface area contributed by atoms with Crippen LogP contribution in [0.1, 0.15) is 71.1 Å². The lowest BCUT2D eigenvalue weighted by atomic mass is 9.93. The van der Waals surface area contributed by atoms with Crippen molar-refractivity contribution < 1.29 is 9.18 Å². The number of benzene rings is 1. The molecule has 0 amide bonds. The maximum absolute atomic E-state index is 15.3. The number of Topliss-reactive ketones (excluding diaryl/α,β-unsaturated/α-hetero) is 1. The molecule has 2 heterocycles. The highest BCUT2D eigenvalue weighted by Crippen LogP contribution is 2.44. The second-order valence-electron chi connectivity index (χ2n) is 8.31. The molecule has 0 radical (unpaired) electrons. The molecule has 6 heteroatoms. The Balaban J connectivity index is 1.81. The average molecular weight is 411 g/mol. The fraction of sp³-hybridized carbons (Fsp3) is 0.391. The van der Waals surface area contributed by atoms with Gasteiger partial charge in [-0.1, -0.05) is 0 Å². The summed E-state index contributed by atoms with van der Waals surface area (Å²) in [6.07, 6.45) is 6.68. The molecular formula is C23H23FN2O2S. The summed E-state index contributed by atoms with van der Waals surface area (Å²) in [5, 5.41) is 0.293. The Labute approximate surface area is 172 Å². The van der Waals surface area contributed by atoms with Crippen molar-refractivity contribution in [1.82, 2.24) is 4.57 Å². The molecular weight excluding hydrogens is 387 g/mol. The van der Waals surface area contributed by atoms with Gasteiger partial charge in [0.25, 0.3) is 0 Å². The summed E-state index contributed by atoms with van der Waals surface area (Å²) >= 11 is 1.61. The van der Waals surface area contributed by atoms with E-state index >= 15 is 4.39 Å². The van der Waals surface area contributed by atoms with Crippen LogP contribution in [0.3, 0.4) is 0 Å². The third-order valence-corrected chi connectivity index (χ3v) is 7.47. The van der Waals surface area contributed by atoms with Crippen LogP contribution in [0, 0.1) is 12.7 Å². The molecule has 150 valence electrons. The zero-order valence-corrected chi connectivity index (χ0v) is 17.4. The van der Waals surface area contributed by atoms with Crippen LogP contribution in [0.25, 0.3) is 21.3 Å². The summed E-state index contributed by atoms with van der Waals surface area (Å²) in [4.78, 5) is 27.0. The fourth-order valence-corrected chi connectivity index (χ4v) is 5.97. The van der Waals surface area contributed by atoms with Crippen molar-refractivity contribution in [1.29, 1.82) is 0 Å². The Hall–Kier alpha value is -2.31. The van der Waals surface area contributed by atoms with E-state index in [0.717, 1.165) is 53.6 Å². The average Bonchev–Trinajstić information content (AvgIpc) is 3.42. The molecule has 1 atom stereocenters. The SMILES string of the molecule is CC(=O)c1cn(C2CC2)c2c(C)c(-c3cc4c(s3)CCCC4N)c(F)cc2c1=O. The van der Waals surface area contributed by atoms with E-state index in [1.165, 1.54) is 17.9 Å². The number of thiophene rings is 1. The molecule has 1 aromatic carbocycles. The van der Waals surface area contributed by atoms with Crippen LogP contribution in [0.15, 0.2) is 23.1 Å². The fourth-order valence-electron chi connectivity index (χ4n) is 4.59. The van der Waals surface area contributed by atoms with E-state index in [9.17, 15) is 9.59 Å². The molecule has 1 unspecified atom stereocenters. The molecule has 0 spiro atoms. The van der Waals surface area contributed by atoms with Crippen LogP contribution in [-0.4, -0.2) is 10.4 Å². The lowest BCUT2D eigenvalue weighted by Crippen LogP contribution is -2.18. The molecule has 29 heavy (non-hydrogen) atoms. The minimum Gasteiger partial charge on any atom is -0.343 e. The van der Waals surface area contributed by atoms with Gasteiger partial charge in [-0.15, -0.1) is 11.3 Å². The number of nitrogens with zero attached hydrogens (tertiary/aromatic N) is 1. The number of halogens is 1. The van der Waals surface area contributed by atoms with Crippen LogP contribution in [-0.2, 0) is 6.42 Å². The summed E-state index contributed by atoms with van der Waals surface area (Å²) in [7, 11) is 0. The minimum atomic E-state index is -0.415. The Kier molecular flexibility index (Phi) is 4.26. The third-order valence-electron chi connectivity index (χ3n) is 6.24. The van der Waals surface area contributed by atoms with Gasteiger partial charge in [-0.2, -0.15) is 0 Å². The third kappa shape index (κ3) is 2.89. The summed E-state index contributed by atoms with van der Waals surface area (Å²) in [6, 6.07) is 3.63. The number of hydrogen-bond donors (Lipinski definition) is 1. The first-order valence-electron chi connectivity index (χ1n) is 10.1. The highest BCUT2D eigenvalue weighted by Gasteiger charge is 2.29. The van der Waals surface area contributed by atoms with E-state index in [4.69, 9.17) is 5.73 Å². The van der Waals surface area contributed by atoms with Crippen molar-refractivity contribution in [3.8, 4) is 10.4 Å². The van der Waals surface area contributed by atoms with E-state index in [0.29, 0.717) is 10.9 Å². The quantitative estimate of drug-likeness (QED) is 0.615. The smallest absolute Gasteiger partial charge is 0.200 e. The minimum absolute atomic E-state index is 0.00958. The predicted octanol–water partition coefficient (Wildman–Crippen LogP) is 5.05. The Morgan fingerprint density at radius 2 is 2.03 bits per heavy atom. The standard InChI is InChI=1S/C23H23FN2O2S/c1-11-21(20-9-14-18(25)4-3-5-19(14)29-20)17(24)8-15-22(11)26(13-6-7-13)10-16(12(2)27)23(15)28/h8-10,13,18H,3-7,25H2,1-2H3. The van der Waals surface area contributed by atoms with Crippen LogP contribution in [0.2, 0.25) is 0 Å². The number of hydrogen-bond acceptors (Lipinski definition) is 4. The lowest BCUT2D eigenvalue weighted by Gasteiger charge is -2.17. The molecule has 3 aromatic rings. The number of aromatic nitrogens is 1. The van der Waals surface area contributed by atoms with E-state index in [2.05, 4.69) is 0 Å². The second-order valence-corrected chi connectivity index (χ2v) is 9.45. The van der Waals surface area contributed by atoms with Crippen LogP contribution in [0.5, 0.6) is 0 Å². The Morgan fingerprint density at radius 3 is 2.69 bits per heavy atom. The van der Waals surface area contributed by atoms with Gasteiger partial charge >= 0.3 is 0 Å². The molecule has 2 aliphatic carbocycles. The molecule has 5 rings (SSSR count). The molecule has 2 aromatic heterocycles. The first-order chi connectivity index (χ1) is 13.9. The summed E-state index contributed by atoms with van der Waals surface area (Å²) in [6.45, 7) is 3.27. The second kappa shape index (κ2) is 6.61. The highest BCUT2D eigenvalue weighted by molar-refractivity contribution is 7.15. The number of pyridine rings is 1. The van der Waals surface area contributed by atoms with Gasteiger partial charge in [0.1, 0.15) is 5.82 Å². The van der Waals surface area contributed by atoms with Crippen LogP contribution < -0.4 is 11.2 Å². The molecule has 0 bridgehead atoms. The maximum Gasteiger partial charge on any atom is 0.200 e. The number of carbonyl (C=O) groups excluding carboxylic acids is 1. The Morgan fingerprint density at radius 1 is 1.28 bits per heavy atom. The summed E-state index contributed by atoms with van der Waals surface area (Å²) in [5.41, 5.74) is 9.20. The highest BCUT2D eigenvalue weighted by atomic mass is 32.1. The van der Waals surface area contributed by atoms with Crippen molar-refractivity contribution >= 4 is 28.0 Å². The monoisotopic (exact) mass is 410 g/mol. The lowest BCUT2D eigenvalue weighted by molar-refractivity contribution is 0.101. The van der Waals surface area contributed by atoms with Crippen molar-refractivity contribution in [2.24, 2.45) is 5.73 Å². The van der Waals surface area contributed by atoms with Crippen molar-refractivity contribution in [3.05, 3.63) is 55.9 Å². The van der Waals surface area contributed by atoms with Crippen molar-refractivity contribution in [2.75, 3.05) is 0 Å². The summed E-state index contributed by atoms with van der Waals surface area (Å²) < 4.78 is 17.4. The number of carbonyl (C=O) groups is 1. The molecule has 4 nitrogen and oxygen atoms in total. The van der Waals surface area contributed by atoms with E-state index in [1.54, 1.807) is 17.5 Å². The van der Waals surface area contributed by atoms with Crippen molar-refractivity contribution in [2.45, 2.75) is 58.0 Å². The Bertz CT molecular complexity index is 1240. The molecule has 0 aliphatic heterocycles. The predicted molar refractivity (Wildman–Crippen MR) is 114 cm³/mol. The van der Waals surface area contributed by atoms with Gasteiger partial charge in [-0.05, 0) is 69.2 Å². The molecule has 2 aliphatic rings. The van der Waals surface area contributed by atoms with Gasteiger partial charge in [-0.25, -0.2) is 4.39 Å². The summed E-state index contributed by atoms with van der Waals surface area (Å²) in [5.74, 6) is -0.698. The van der Waals surface area contributed by atoms with Gasteiger partial charge in [0.05, 0.1) is 11.1 Å². The van der Waals surface area contributed by atoms with E-state index in [1.807, 2.05) is 17.6 Å².